The molecule has 0 aliphatic carbocycles. The van der Waals surface area contributed by atoms with E-state index in [1.54, 1.807) is 7.11 Å². The Hall–Kier alpha value is -1.91. The normalized spacial score (nSPS) is 11.2. The molecule has 0 fully saturated rings. The summed E-state index contributed by atoms with van der Waals surface area (Å²) in [5.41, 5.74) is 7.31. The molecule has 0 unspecified atom stereocenters. The van der Waals surface area contributed by atoms with Crippen LogP contribution in [0.1, 0.15) is 5.56 Å². The topological polar surface area (TPSA) is 79.9 Å². The third kappa shape index (κ3) is 3.05. The fourth-order valence-electron chi connectivity index (χ4n) is 1.18. The molecule has 82 valence electrons. The third-order valence-corrected chi connectivity index (χ3v) is 2.02. The van der Waals surface area contributed by atoms with E-state index in [0.29, 0.717) is 6.54 Å². The first-order valence-corrected chi connectivity index (χ1v) is 4.52. The molecule has 0 spiro atoms. The lowest BCUT2D eigenvalue weighted by atomic mass is 10.2. The van der Waals surface area contributed by atoms with Crippen LogP contribution in [-0.4, -0.2) is 24.7 Å². The second-order valence-electron chi connectivity index (χ2n) is 3.13. The summed E-state index contributed by atoms with van der Waals surface area (Å²) < 4.78 is 5.08. The van der Waals surface area contributed by atoms with E-state index >= 15 is 0 Å². The summed E-state index contributed by atoms with van der Waals surface area (Å²) in [6, 6.07) is 5.65. The number of nitrogens with one attached hydrogen (secondary N) is 1. The van der Waals surface area contributed by atoms with E-state index in [9.17, 15) is 0 Å². The van der Waals surface area contributed by atoms with Crippen LogP contribution in [0.4, 0.5) is 5.69 Å². The van der Waals surface area contributed by atoms with E-state index in [4.69, 9.17) is 15.7 Å². The van der Waals surface area contributed by atoms with E-state index < -0.39 is 0 Å². The van der Waals surface area contributed by atoms with Gasteiger partial charge in [-0.3, -0.25) is 0 Å². The zero-order chi connectivity index (χ0) is 11.3. The Morgan fingerprint density at radius 3 is 2.87 bits per heavy atom. The fraction of sp³-hybridized carbons (Fsp3) is 0.300. The molecule has 4 N–H and O–H groups in total. The largest absolute Gasteiger partial charge is 0.497 e. The lowest BCUT2D eigenvalue weighted by Gasteiger charge is -2.09. The van der Waals surface area contributed by atoms with E-state index in [1.165, 1.54) is 0 Å². The highest BCUT2D eigenvalue weighted by molar-refractivity contribution is 5.84. The van der Waals surface area contributed by atoms with Crippen LogP contribution in [0, 0.1) is 6.92 Å². The van der Waals surface area contributed by atoms with Crippen LogP contribution in [0.5, 0.6) is 5.75 Å². The van der Waals surface area contributed by atoms with Crippen LogP contribution < -0.4 is 15.8 Å². The summed E-state index contributed by atoms with van der Waals surface area (Å²) in [5.74, 6) is 0.951. The minimum Gasteiger partial charge on any atom is -0.497 e. The van der Waals surface area contributed by atoms with Gasteiger partial charge in [-0.1, -0.05) is 5.16 Å². The lowest BCUT2D eigenvalue weighted by molar-refractivity contribution is 0.317. The van der Waals surface area contributed by atoms with E-state index in [1.807, 2.05) is 25.1 Å². The summed E-state index contributed by atoms with van der Waals surface area (Å²) in [4.78, 5) is 0. The van der Waals surface area contributed by atoms with Crippen molar-refractivity contribution in [2.45, 2.75) is 6.92 Å². The first-order chi connectivity index (χ1) is 7.17. The van der Waals surface area contributed by atoms with Crippen molar-refractivity contribution >= 4 is 11.5 Å². The Morgan fingerprint density at radius 1 is 1.60 bits per heavy atom. The van der Waals surface area contributed by atoms with Crippen LogP contribution in [0.25, 0.3) is 0 Å². The van der Waals surface area contributed by atoms with Crippen molar-refractivity contribution in [3.8, 4) is 5.75 Å². The number of methoxy groups -OCH3 is 1. The van der Waals surface area contributed by atoms with E-state index in [2.05, 4.69) is 10.5 Å². The van der Waals surface area contributed by atoms with Crippen LogP contribution in [-0.2, 0) is 0 Å². The Balaban J connectivity index is 2.70. The Labute approximate surface area is 88.5 Å². The van der Waals surface area contributed by atoms with Gasteiger partial charge in [0.2, 0.25) is 0 Å². The van der Waals surface area contributed by atoms with Crippen molar-refractivity contribution in [2.24, 2.45) is 10.9 Å². The number of benzene rings is 1. The summed E-state index contributed by atoms with van der Waals surface area (Å²) in [6.07, 6.45) is 0. The standard InChI is InChI=1S/C10H15N3O2/c1-7-5-8(15-2)3-4-9(7)12-6-10(11)13-14/h3-5,12,14H,6H2,1-2H3,(H2,11,13). The predicted octanol–water partition coefficient (Wildman–Crippen LogP) is 1.16. The summed E-state index contributed by atoms with van der Waals surface area (Å²) in [5, 5.41) is 14.3. The molecular weight excluding hydrogens is 194 g/mol. The van der Waals surface area contributed by atoms with Crippen LogP contribution >= 0.6 is 0 Å². The van der Waals surface area contributed by atoms with Gasteiger partial charge < -0.3 is 21.0 Å². The molecule has 0 aliphatic heterocycles. The molecule has 0 bridgehead atoms. The summed E-state index contributed by atoms with van der Waals surface area (Å²) in [7, 11) is 1.62. The molecule has 5 heteroatoms. The van der Waals surface area contributed by atoms with E-state index in [0.717, 1.165) is 17.0 Å². The highest BCUT2D eigenvalue weighted by atomic mass is 16.5. The molecule has 0 saturated carbocycles. The van der Waals surface area contributed by atoms with Crippen molar-refractivity contribution in [3.05, 3.63) is 23.8 Å². The Bertz CT molecular complexity index is 364. The lowest BCUT2D eigenvalue weighted by Crippen LogP contribution is -2.22. The number of amidine groups is 1. The third-order valence-electron chi connectivity index (χ3n) is 2.02. The maximum atomic E-state index is 8.37. The smallest absolute Gasteiger partial charge is 0.158 e. The van der Waals surface area contributed by atoms with Gasteiger partial charge in [0.25, 0.3) is 0 Å². The van der Waals surface area contributed by atoms with Crippen molar-refractivity contribution in [1.29, 1.82) is 0 Å². The van der Waals surface area contributed by atoms with Crippen molar-refractivity contribution in [3.63, 3.8) is 0 Å². The van der Waals surface area contributed by atoms with Crippen molar-refractivity contribution < 1.29 is 9.94 Å². The van der Waals surface area contributed by atoms with Gasteiger partial charge >= 0.3 is 0 Å². The second-order valence-corrected chi connectivity index (χ2v) is 3.13. The van der Waals surface area contributed by atoms with Gasteiger partial charge in [0.05, 0.1) is 13.7 Å². The highest BCUT2D eigenvalue weighted by Gasteiger charge is 2.00. The number of ether oxygens (including phenoxy) is 1. The average molecular weight is 209 g/mol. The number of nitrogens with two attached hydrogens (primary N) is 1. The molecule has 0 aromatic heterocycles. The number of anilines is 1. The SMILES string of the molecule is COc1ccc(NCC(N)=NO)c(C)c1. The van der Waals surface area contributed by atoms with Crippen molar-refractivity contribution in [1.82, 2.24) is 0 Å². The Kier molecular flexibility index (Phi) is 3.79. The predicted molar refractivity (Wildman–Crippen MR) is 59.6 cm³/mol. The van der Waals surface area contributed by atoms with Crippen molar-refractivity contribution in [2.75, 3.05) is 19.0 Å². The quantitative estimate of drug-likeness (QED) is 0.301. The van der Waals surface area contributed by atoms with Gasteiger partial charge in [-0.05, 0) is 30.7 Å². The minimum absolute atomic E-state index is 0.144. The molecule has 0 amide bonds. The monoisotopic (exact) mass is 209 g/mol. The van der Waals surface area contributed by atoms with E-state index in [-0.39, 0.29) is 5.84 Å². The zero-order valence-electron chi connectivity index (χ0n) is 8.82. The first-order valence-electron chi connectivity index (χ1n) is 4.52. The van der Waals surface area contributed by atoms with Gasteiger partial charge in [0.1, 0.15) is 5.75 Å². The second kappa shape index (κ2) is 5.09. The van der Waals surface area contributed by atoms with Gasteiger partial charge in [0, 0.05) is 5.69 Å². The number of rotatable bonds is 4. The molecule has 0 heterocycles. The van der Waals surface area contributed by atoms with Crippen LogP contribution in [0.2, 0.25) is 0 Å². The molecule has 5 nitrogen and oxygen atoms in total. The molecule has 15 heavy (non-hydrogen) atoms. The molecule has 0 radical (unpaired) electrons. The Morgan fingerprint density at radius 2 is 2.33 bits per heavy atom. The summed E-state index contributed by atoms with van der Waals surface area (Å²) in [6.45, 7) is 2.26. The number of hydrogen-bond donors (Lipinski definition) is 3. The van der Waals surface area contributed by atoms with Gasteiger partial charge in [0.15, 0.2) is 5.84 Å². The minimum atomic E-state index is 0.144. The van der Waals surface area contributed by atoms with Gasteiger partial charge in [-0.25, -0.2) is 0 Å². The first kappa shape index (κ1) is 11.2. The molecule has 1 aromatic carbocycles. The molecule has 1 aromatic rings. The maximum Gasteiger partial charge on any atom is 0.158 e. The molecule has 0 aliphatic rings. The molecule has 1 rings (SSSR count). The number of hydrogen-bond acceptors (Lipinski definition) is 4. The van der Waals surface area contributed by atoms with Crippen LogP contribution in [0.3, 0.4) is 0 Å². The molecule has 0 atom stereocenters. The fourth-order valence-corrected chi connectivity index (χ4v) is 1.18. The number of nitrogens with zero attached hydrogens (tertiary/aromatic N) is 1. The number of oxime groups is 1. The number of aryl methyl sites for hydroxylation is 1. The molecular formula is C10H15N3O2. The highest BCUT2D eigenvalue weighted by Crippen LogP contribution is 2.20. The molecule has 0 saturated heterocycles. The average Bonchev–Trinajstić information content (AvgIpc) is 2.26. The zero-order valence-corrected chi connectivity index (χ0v) is 8.82. The van der Waals surface area contributed by atoms with Gasteiger partial charge in [-0.15, -0.1) is 0 Å². The van der Waals surface area contributed by atoms with Gasteiger partial charge in [-0.2, -0.15) is 0 Å². The van der Waals surface area contributed by atoms with Crippen LogP contribution in [0.15, 0.2) is 23.4 Å². The maximum absolute atomic E-state index is 8.37. The summed E-state index contributed by atoms with van der Waals surface area (Å²) >= 11 is 0.